The second kappa shape index (κ2) is 6.02. The van der Waals surface area contributed by atoms with Gasteiger partial charge in [0.15, 0.2) is 5.82 Å². The Kier molecular flexibility index (Phi) is 3.93. The first kappa shape index (κ1) is 13.7. The molecule has 104 valence electrons. The molecule has 0 aliphatic carbocycles. The summed E-state index contributed by atoms with van der Waals surface area (Å²) in [4.78, 5) is 9.00. The van der Waals surface area contributed by atoms with Crippen molar-refractivity contribution in [1.29, 1.82) is 0 Å². The number of hydrogen-bond donors (Lipinski definition) is 0. The van der Waals surface area contributed by atoms with Crippen molar-refractivity contribution in [3.8, 4) is 22.5 Å². The summed E-state index contributed by atoms with van der Waals surface area (Å²) in [5.74, 6) is 0.783. The fourth-order valence-electron chi connectivity index (χ4n) is 2.26. The molecule has 0 bridgehead atoms. The average Bonchev–Trinajstić information content (AvgIpc) is 2.56. The van der Waals surface area contributed by atoms with E-state index in [4.69, 9.17) is 0 Å². The quantitative estimate of drug-likeness (QED) is 0.693. The Morgan fingerprint density at radius 2 is 1.33 bits per heavy atom. The van der Waals surface area contributed by atoms with Crippen LogP contribution in [0.5, 0.6) is 0 Å². The second-order valence-corrected chi connectivity index (χ2v) is 5.92. The molecule has 2 aromatic carbocycles. The number of nitrogens with zero attached hydrogens (tertiary/aromatic N) is 2. The lowest BCUT2D eigenvalue weighted by Crippen LogP contribution is -1.91. The molecule has 0 amide bonds. The molecule has 0 unspecified atom stereocenters. The van der Waals surface area contributed by atoms with Gasteiger partial charge in [0.2, 0.25) is 0 Å². The zero-order valence-electron chi connectivity index (χ0n) is 12.4. The van der Waals surface area contributed by atoms with E-state index in [1.165, 1.54) is 27.4 Å². The third-order valence-electron chi connectivity index (χ3n) is 3.66. The Morgan fingerprint density at radius 3 is 1.90 bits per heavy atom. The van der Waals surface area contributed by atoms with Crippen LogP contribution in [0.2, 0.25) is 0 Å². The van der Waals surface area contributed by atoms with Crippen LogP contribution >= 0.6 is 0 Å². The van der Waals surface area contributed by atoms with Crippen LogP contribution in [0.3, 0.4) is 0 Å². The van der Waals surface area contributed by atoms with E-state index in [1.54, 1.807) is 0 Å². The summed E-state index contributed by atoms with van der Waals surface area (Å²) in [6.07, 6.45) is 3.79. The fourth-order valence-corrected chi connectivity index (χ4v) is 2.73. The highest BCUT2D eigenvalue weighted by atomic mass is 28.1. The van der Waals surface area contributed by atoms with Crippen molar-refractivity contribution >= 4 is 10.2 Å². The summed E-state index contributed by atoms with van der Waals surface area (Å²) in [5.41, 5.74) is 5.93. The maximum absolute atomic E-state index is 4.50. The van der Waals surface area contributed by atoms with Crippen molar-refractivity contribution in [3.05, 3.63) is 72.1 Å². The lowest BCUT2D eigenvalue weighted by Gasteiger charge is -2.04. The Bertz CT molecular complexity index is 717. The molecule has 0 saturated heterocycles. The van der Waals surface area contributed by atoms with Crippen molar-refractivity contribution in [3.63, 3.8) is 0 Å². The molecule has 0 atom stereocenters. The Labute approximate surface area is 128 Å². The largest absolute Gasteiger partial charge is 0.236 e. The van der Waals surface area contributed by atoms with Crippen LogP contribution in [-0.4, -0.2) is 20.2 Å². The summed E-state index contributed by atoms with van der Waals surface area (Å²) in [6, 6.07) is 18.2. The van der Waals surface area contributed by atoms with Crippen LogP contribution in [0, 0.1) is 6.92 Å². The molecule has 1 aromatic heterocycles. The zero-order chi connectivity index (χ0) is 14.7. The minimum atomic E-state index is 0.783. The molecular formula is C18H18N2Si. The van der Waals surface area contributed by atoms with Gasteiger partial charge >= 0.3 is 0 Å². The summed E-state index contributed by atoms with van der Waals surface area (Å²) >= 11 is 0. The maximum Gasteiger partial charge on any atom is 0.159 e. The number of aromatic nitrogens is 2. The molecule has 2 nitrogen and oxygen atoms in total. The number of benzene rings is 2. The van der Waals surface area contributed by atoms with Crippen LogP contribution in [0.25, 0.3) is 22.5 Å². The average molecular weight is 290 g/mol. The molecule has 3 heteroatoms. The van der Waals surface area contributed by atoms with Gasteiger partial charge in [0, 0.05) is 33.8 Å². The summed E-state index contributed by atoms with van der Waals surface area (Å²) in [7, 11) is 1.20. The summed E-state index contributed by atoms with van der Waals surface area (Å²) in [5, 5.41) is 0. The van der Waals surface area contributed by atoms with Gasteiger partial charge < -0.3 is 0 Å². The van der Waals surface area contributed by atoms with Gasteiger partial charge in [-0.3, -0.25) is 0 Å². The van der Waals surface area contributed by atoms with Crippen molar-refractivity contribution in [2.75, 3.05) is 0 Å². The van der Waals surface area contributed by atoms with E-state index in [-0.39, 0.29) is 0 Å². The van der Waals surface area contributed by atoms with Gasteiger partial charge in [0.05, 0.1) is 0 Å². The van der Waals surface area contributed by atoms with Gasteiger partial charge in [0.25, 0.3) is 0 Å². The van der Waals surface area contributed by atoms with Crippen LogP contribution < -0.4 is 0 Å². The molecule has 1 heterocycles. The zero-order valence-corrected chi connectivity index (χ0v) is 14.4. The minimum Gasteiger partial charge on any atom is -0.236 e. The summed E-state index contributed by atoms with van der Waals surface area (Å²) in [6.45, 7) is 2.09. The van der Waals surface area contributed by atoms with E-state index < -0.39 is 0 Å². The minimum absolute atomic E-state index is 0.783. The van der Waals surface area contributed by atoms with Gasteiger partial charge in [-0.1, -0.05) is 59.7 Å². The first-order valence-corrected chi connectivity index (χ1v) is 8.66. The maximum atomic E-state index is 4.50. The Morgan fingerprint density at radius 1 is 0.762 bits per heavy atom. The highest BCUT2D eigenvalue weighted by Crippen LogP contribution is 2.21. The Hall–Kier alpha value is -2.26. The first-order valence-electron chi connectivity index (χ1n) is 7.24. The van der Waals surface area contributed by atoms with Crippen molar-refractivity contribution in [2.24, 2.45) is 0 Å². The number of hydrogen-bond acceptors (Lipinski definition) is 2. The monoisotopic (exact) mass is 290 g/mol. The van der Waals surface area contributed by atoms with E-state index >= 15 is 0 Å². The lowest BCUT2D eigenvalue weighted by atomic mass is 10.1. The van der Waals surface area contributed by atoms with E-state index in [9.17, 15) is 0 Å². The van der Waals surface area contributed by atoms with Gasteiger partial charge in [-0.05, 0) is 18.5 Å². The van der Waals surface area contributed by atoms with Crippen LogP contribution in [0.4, 0.5) is 0 Å². The SMILES string of the molecule is Cc1ccc(-c2cnc(-c3ccc(C[SiH3])cc3)nc2)cc1. The predicted octanol–water partition coefficient (Wildman–Crippen LogP) is 2.98. The number of aryl methyl sites for hydroxylation is 1. The molecule has 0 saturated carbocycles. The van der Waals surface area contributed by atoms with Crippen LogP contribution in [-0.2, 0) is 6.04 Å². The topological polar surface area (TPSA) is 25.8 Å². The molecule has 3 aromatic rings. The van der Waals surface area contributed by atoms with Crippen molar-refractivity contribution < 1.29 is 0 Å². The van der Waals surface area contributed by atoms with Gasteiger partial charge in [-0.25, -0.2) is 9.97 Å². The van der Waals surface area contributed by atoms with E-state index in [2.05, 4.69) is 65.4 Å². The number of rotatable bonds is 3. The second-order valence-electron chi connectivity index (χ2n) is 5.21. The third kappa shape index (κ3) is 3.08. The molecule has 0 fully saturated rings. The van der Waals surface area contributed by atoms with Gasteiger partial charge in [0.1, 0.15) is 0 Å². The molecule has 0 spiro atoms. The standard InChI is InChI=1S/C18H18N2Si/c1-13-2-6-15(7-3-13)17-10-19-18(20-11-17)16-8-4-14(12-21)5-9-16/h2-11H,12H2,1,21H3. The van der Waals surface area contributed by atoms with Crippen molar-refractivity contribution in [2.45, 2.75) is 13.0 Å². The highest BCUT2D eigenvalue weighted by molar-refractivity contribution is 6.08. The first-order chi connectivity index (χ1) is 10.3. The fraction of sp³-hybridized carbons (Fsp3) is 0.111. The van der Waals surface area contributed by atoms with Gasteiger partial charge in [-0.2, -0.15) is 0 Å². The molecule has 0 aliphatic rings. The normalized spacial score (nSPS) is 10.7. The summed E-state index contributed by atoms with van der Waals surface area (Å²) < 4.78 is 0. The van der Waals surface area contributed by atoms with Crippen LogP contribution in [0.15, 0.2) is 60.9 Å². The smallest absolute Gasteiger partial charge is 0.159 e. The molecular weight excluding hydrogens is 272 g/mol. The Balaban J connectivity index is 1.87. The lowest BCUT2D eigenvalue weighted by molar-refractivity contribution is 1.18. The van der Waals surface area contributed by atoms with Crippen molar-refractivity contribution in [1.82, 2.24) is 9.97 Å². The molecule has 0 aliphatic heterocycles. The van der Waals surface area contributed by atoms with Gasteiger partial charge in [-0.15, -0.1) is 0 Å². The molecule has 3 rings (SSSR count). The molecule has 21 heavy (non-hydrogen) atoms. The van der Waals surface area contributed by atoms with E-state index in [0.717, 1.165) is 22.5 Å². The third-order valence-corrected chi connectivity index (χ3v) is 4.47. The molecule has 0 radical (unpaired) electrons. The predicted molar refractivity (Wildman–Crippen MR) is 91.3 cm³/mol. The van der Waals surface area contributed by atoms with E-state index in [1.807, 2.05) is 12.4 Å². The molecule has 0 N–H and O–H groups in total. The highest BCUT2D eigenvalue weighted by Gasteiger charge is 2.03. The van der Waals surface area contributed by atoms with E-state index in [0.29, 0.717) is 0 Å². The van der Waals surface area contributed by atoms with Crippen LogP contribution in [0.1, 0.15) is 11.1 Å².